The Hall–Kier alpha value is -1.36. The second kappa shape index (κ2) is 5.13. The molecule has 21 heavy (non-hydrogen) atoms. The van der Waals surface area contributed by atoms with Gasteiger partial charge in [0.05, 0.1) is 5.56 Å². The molecule has 2 fully saturated rings. The first-order valence-corrected chi connectivity index (χ1v) is 7.30. The van der Waals surface area contributed by atoms with Gasteiger partial charge in [-0.05, 0) is 48.8 Å². The summed E-state index contributed by atoms with van der Waals surface area (Å²) >= 11 is 0. The molecule has 0 heterocycles. The van der Waals surface area contributed by atoms with Crippen LogP contribution in [0.3, 0.4) is 0 Å². The number of carbonyl (C=O) groups is 1. The summed E-state index contributed by atoms with van der Waals surface area (Å²) in [6.07, 6.45) is -0.961. The molecule has 1 aromatic rings. The van der Waals surface area contributed by atoms with Gasteiger partial charge in [0.2, 0.25) is 0 Å². The van der Waals surface area contributed by atoms with Crippen LogP contribution in [0.5, 0.6) is 0 Å². The van der Waals surface area contributed by atoms with E-state index in [0.29, 0.717) is 17.4 Å². The molecule has 2 aliphatic rings. The highest BCUT2D eigenvalue weighted by Gasteiger charge is 2.48. The lowest BCUT2D eigenvalue weighted by molar-refractivity contribution is -0.137. The van der Waals surface area contributed by atoms with Gasteiger partial charge in [-0.25, -0.2) is 0 Å². The van der Waals surface area contributed by atoms with E-state index in [9.17, 15) is 18.0 Å². The van der Waals surface area contributed by atoms with Crippen molar-refractivity contribution in [1.29, 1.82) is 0 Å². The average Bonchev–Trinajstić information content (AvgIpc) is 2.98. The lowest BCUT2D eigenvalue weighted by Gasteiger charge is -2.26. The number of Topliss-reactive ketones (excluding diaryl/α,β-unsaturated/α-hetero) is 1. The van der Waals surface area contributed by atoms with Gasteiger partial charge >= 0.3 is 6.18 Å². The fourth-order valence-electron chi connectivity index (χ4n) is 3.94. The Bertz CT molecular complexity index is 535. The van der Waals surface area contributed by atoms with E-state index in [-0.39, 0.29) is 24.2 Å². The van der Waals surface area contributed by atoms with Crippen molar-refractivity contribution in [2.75, 3.05) is 0 Å². The molecule has 2 nitrogen and oxygen atoms in total. The summed E-state index contributed by atoms with van der Waals surface area (Å²) < 4.78 is 37.5. The maximum Gasteiger partial charge on any atom is 0.416 e. The molecule has 5 heteroatoms. The zero-order valence-electron chi connectivity index (χ0n) is 11.6. The SMILES string of the molecule is NC1C2CCC(C2)C1C(=O)Cc1ccc(C(F)(F)F)cc1. The number of hydrogen-bond donors (Lipinski definition) is 1. The third-order valence-corrected chi connectivity index (χ3v) is 5.01. The number of fused-ring (bicyclic) bond motifs is 2. The third-order valence-electron chi connectivity index (χ3n) is 5.01. The Morgan fingerprint density at radius 1 is 1.14 bits per heavy atom. The number of ketones is 1. The smallest absolute Gasteiger partial charge is 0.327 e. The average molecular weight is 297 g/mol. The lowest BCUT2D eigenvalue weighted by atomic mass is 9.80. The second-order valence-electron chi connectivity index (χ2n) is 6.27. The summed E-state index contributed by atoms with van der Waals surface area (Å²) in [5.74, 6) is 0.809. The van der Waals surface area contributed by atoms with Crippen LogP contribution in [0.25, 0.3) is 0 Å². The van der Waals surface area contributed by atoms with Gasteiger partial charge in [-0.3, -0.25) is 4.79 Å². The highest BCUT2D eigenvalue weighted by Crippen LogP contribution is 2.48. The number of hydrogen-bond acceptors (Lipinski definition) is 2. The summed E-state index contributed by atoms with van der Waals surface area (Å²) in [5, 5.41) is 0. The highest BCUT2D eigenvalue weighted by atomic mass is 19.4. The molecule has 0 aliphatic heterocycles. The van der Waals surface area contributed by atoms with Gasteiger partial charge in [0.15, 0.2) is 0 Å². The molecule has 1 aromatic carbocycles. The lowest BCUT2D eigenvalue weighted by Crippen LogP contribution is -2.40. The minimum Gasteiger partial charge on any atom is -0.327 e. The number of carbonyl (C=O) groups excluding carboxylic acids is 1. The predicted octanol–water partition coefficient (Wildman–Crippen LogP) is 3.19. The molecule has 3 rings (SSSR count). The van der Waals surface area contributed by atoms with E-state index in [2.05, 4.69) is 0 Å². The van der Waals surface area contributed by atoms with Gasteiger partial charge in [-0.15, -0.1) is 0 Å². The van der Waals surface area contributed by atoms with E-state index < -0.39 is 11.7 Å². The van der Waals surface area contributed by atoms with Crippen molar-refractivity contribution in [2.45, 2.75) is 37.9 Å². The molecule has 0 amide bonds. The summed E-state index contributed by atoms with van der Waals surface area (Å²) in [5.41, 5.74) is 6.07. The quantitative estimate of drug-likeness (QED) is 0.931. The number of benzene rings is 1. The Labute approximate surface area is 121 Å². The van der Waals surface area contributed by atoms with Crippen LogP contribution >= 0.6 is 0 Å². The van der Waals surface area contributed by atoms with Crippen molar-refractivity contribution in [2.24, 2.45) is 23.5 Å². The molecule has 0 radical (unpaired) electrons. The van der Waals surface area contributed by atoms with Gasteiger partial charge < -0.3 is 5.73 Å². The molecule has 4 atom stereocenters. The van der Waals surface area contributed by atoms with E-state index >= 15 is 0 Å². The van der Waals surface area contributed by atoms with Crippen LogP contribution < -0.4 is 5.73 Å². The molecule has 2 saturated carbocycles. The second-order valence-corrected chi connectivity index (χ2v) is 6.27. The topological polar surface area (TPSA) is 43.1 Å². The number of rotatable bonds is 3. The zero-order chi connectivity index (χ0) is 15.2. The van der Waals surface area contributed by atoms with Gasteiger partial charge in [-0.2, -0.15) is 13.2 Å². The molecule has 4 unspecified atom stereocenters. The molecule has 0 spiro atoms. The summed E-state index contributed by atoms with van der Waals surface area (Å²) in [7, 11) is 0. The van der Waals surface area contributed by atoms with E-state index in [1.165, 1.54) is 12.1 Å². The van der Waals surface area contributed by atoms with Crippen molar-refractivity contribution in [3.8, 4) is 0 Å². The first-order valence-electron chi connectivity index (χ1n) is 7.30. The normalized spacial score (nSPS) is 31.6. The number of alkyl halides is 3. The Kier molecular flexibility index (Phi) is 3.56. The Balaban J connectivity index is 1.68. The number of halogens is 3. The van der Waals surface area contributed by atoms with Crippen LogP contribution in [0.4, 0.5) is 13.2 Å². The maximum atomic E-state index is 12.5. The molecule has 2 N–H and O–H groups in total. The molecule has 0 aromatic heterocycles. The van der Waals surface area contributed by atoms with E-state index in [0.717, 1.165) is 31.4 Å². The van der Waals surface area contributed by atoms with Crippen molar-refractivity contribution in [1.82, 2.24) is 0 Å². The van der Waals surface area contributed by atoms with Crippen molar-refractivity contribution in [3.63, 3.8) is 0 Å². The minimum absolute atomic E-state index is 0.0642. The van der Waals surface area contributed by atoms with Crippen LogP contribution in [-0.4, -0.2) is 11.8 Å². The standard InChI is InChI=1S/C16H18F3NO/c17-16(18,19)12-5-1-9(2-6-12)7-13(21)14-10-3-4-11(8-10)15(14)20/h1-2,5-6,10-11,14-15H,3-4,7-8,20H2. The van der Waals surface area contributed by atoms with Crippen LogP contribution in [0, 0.1) is 17.8 Å². The Morgan fingerprint density at radius 3 is 2.29 bits per heavy atom. The molecule has 114 valence electrons. The fourth-order valence-corrected chi connectivity index (χ4v) is 3.94. The first kappa shape index (κ1) is 14.6. The zero-order valence-corrected chi connectivity index (χ0v) is 11.6. The molecular formula is C16H18F3NO. The van der Waals surface area contributed by atoms with E-state index in [4.69, 9.17) is 5.73 Å². The van der Waals surface area contributed by atoms with Crippen molar-refractivity contribution < 1.29 is 18.0 Å². The summed E-state index contributed by atoms with van der Waals surface area (Å²) in [6, 6.07) is 4.77. The molecule has 2 aliphatic carbocycles. The molecule has 0 saturated heterocycles. The monoisotopic (exact) mass is 297 g/mol. The Morgan fingerprint density at radius 2 is 1.76 bits per heavy atom. The van der Waals surface area contributed by atoms with E-state index in [1.54, 1.807) is 0 Å². The van der Waals surface area contributed by atoms with Gasteiger partial charge in [-0.1, -0.05) is 12.1 Å². The minimum atomic E-state index is -4.34. The molecular weight excluding hydrogens is 279 g/mol. The van der Waals surface area contributed by atoms with Gasteiger partial charge in [0.1, 0.15) is 5.78 Å². The van der Waals surface area contributed by atoms with Crippen molar-refractivity contribution in [3.05, 3.63) is 35.4 Å². The third kappa shape index (κ3) is 2.71. The van der Waals surface area contributed by atoms with Crippen LogP contribution in [0.1, 0.15) is 30.4 Å². The maximum absolute atomic E-state index is 12.5. The highest BCUT2D eigenvalue weighted by molar-refractivity contribution is 5.84. The van der Waals surface area contributed by atoms with Crippen LogP contribution in [0.2, 0.25) is 0 Å². The summed E-state index contributed by atoms with van der Waals surface area (Å²) in [4.78, 5) is 12.4. The molecule has 2 bridgehead atoms. The summed E-state index contributed by atoms with van der Waals surface area (Å²) in [6.45, 7) is 0. The number of nitrogens with two attached hydrogens (primary N) is 1. The van der Waals surface area contributed by atoms with Gasteiger partial charge in [0.25, 0.3) is 0 Å². The first-order chi connectivity index (χ1) is 9.86. The van der Waals surface area contributed by atoms with Gasteiger partial charge in [0, 0.05) is 18.4 Å². The van der Waals surface area contributed by atoms with Crippen LogP contribution in [-0.2, 0) is 17.4 Å². The van der Waals surface area contributed by atoms with E-state index in [1.807, 2.05) is 0 Å². The predicted molar refractivity (Wildman–Crippen MR) is 72.5 cm³/mol. The largest absolute Gasteiger partial charge is 0.416 e. The fraction of sp³-hybridized carbons (Fsp3) is 0.562. The van der Waals surface area contributed by atoms with Crippen molar-refractivity contribution >= 4 is 5.78 Å². The van der Waals surface area contributed by atoms with Crippen LogP contribution in [0.15, 0.2) is 24.3 Å².